The molecule has 0 spiro atoms. The number of benzene rings is 2. The second-order valence-corrected chi connectivity index (χ2v) is 5.34. The lowest BCUT2D eigenvalue weighted by Crippen LogP contribution is -2.30. The van der Waals surface area contributed by atoms with Crippen molar-refractivity contribution in [3.05, 3.63) is 70.2 Å². The molecule has 0 radical (unpaired) electrons. The summed E-state index contributed by atoms with van der Waals surface area (Å²) < 4.78 is 0. The predicted octanol–water partition coefficient (Wildman–Crippen LogP) is 3.55. The third-order valence-corrected chi connectivity index (χ3v) is 3.95. The van der Waals surface area contributed by atoms with Gasteiger partial charge in [0.2, 0.25) is 0 Å². The summed E-state index contributed by atoms with van der Waals surface area (Å²) in [4.78, 5) is 13.9. The van der Waals surface area contributed by atoms with Crippen LogP contribution >= 0.6 is 11.6 Å². The molecule has 1 aliphatic heterocycles. The maximum Gasteiger partial charge on any atom is 0.257 e. The highest BCUT2D eigenvalue weighted by Gasteiger charge is 2.38. The third-order valence-electron chi connectivity index (χ3n) is 3.72. The lowest BCUT2D eigenvalue weighted by atomic mass is 10.1. The molecule has 0 aromatic heterocycles. The first kappa shape index (κ1) is 13.2. The molecular formula is C16H14ClNO2. The second kappa shape index (κ2) is 4.93. The van der Waals surface area contributed by atoms with Gasteiger partial charge >= 0.3 is 0 Å². The van der Waals surface area contributed by atoms with E-state index in [0.29, 0.717) is 16.1 Å². The maximum atomic E-state index is 12.4. The van der Waals surface area contributed by atoms with E-state index in [0.717, 1.165) is 5.56 Å². The molecule has 3 nitrogen and oxygen atoms in total. The number of amides is 1. The topological polar surface area (TPSA) is 40.5 Å². The van der Waals surface area contributed by atoms with Gasteiger partial charge in [0.05, 0.1) is 6.04 Å². The molecule has 4 heteroatoms. The Morgan fingerprint density at radius 3 is 2.65 bits per heavy atom. The summed E-state index contributed by atoms with van der Waals surface area (Å²) in [5.74, 6) is -0.152. The Morgan fingerprint density at radius 2 is 1.95 bits per heavy atom. The summed E-state index contributed by atoms with van der Waals surface area (Å²) in [7, 11) is 0. The molecule has 1 amide bonds. The van der Waals surface area contributed by atoms with Crippen LogP contribution in [0.1, 0.15) is 40.7 Å². The summed E-state index contributed by atoms with van der Waals surface area (Å²) >= 11 is 5.99. The Kier molecular flexibility index (Phi) is 3.24. The first-order valence-corrected chi connectivity index (χ1v) is 6.82. The van der Waals surface area contributed by atoms with Crippen LogP contribution in [0.2, 0.25) is 5.02 Å². The smallest absolute Gasteiger partial charge is 0.257 e. The van der Waals surface area contributed by atoms with Gasteiger partial charge in [0.1, 0.15) is 0 Å². The van der Waals surface area contributed by atoms with Crippen molar-refractivity contribution in [1.29, 1.82) is 0 Å². The van der Waals surface area contributed by atoms with Gasteiger partial charge in [-0.15, -0.1) is 0 Å². The Balaban J connectivity index is 1.98. The summed E-state index contributed by atoms with van der Waals surface area (Å²) in [6.45, 7) is 1.89. The van der Waals surface area contributed by atoms with E-state index in [1.165, 1.54) is 4.90 Å². The van der Waals surface area contributed by atoms with Gasteiger partial charge in [-0.1, -0.05) is 41.9 Å². The van der Waals surface area contributed by atoms with Gasteiger partial charge < -0.3 is 10.0 Å². The van der Waals surface area contributed by atoms with Gasteiger partial charge in [0.15, 0.2) is 6.23 Å². The predicted molar refractivity (Wildman–Crippen MR) is 77.4 cm³/mol. The van der Waals surface area contributed by atoms with Crippen LogP contribution in [0.25, 0.3) is 0 Å². The fourth-order valence-electron chi connectivity index (χ4n) is 2.63. The molecule has 0 saturated heterocycles. The molecule has 1 heterocycles. The molecule has 1 aliphatic rings. The Morgan fingerprint density at radius 1 is 1.20 bits per heavy atom. The number of rotatable bonds is 2. The summed E-state index contributed by atoms with van der Waals surface area (Å²) in [6, 6.07) is 14.2. The second-order valence-electron chi connectivity index (χ2n) is 4.90. The van der Waals surface area contributed by atoms with Crippen molar-refractivity contribution in [3.8, 4) is 0 Å². The van der Waals surface area contributed by atoms with Crippen LogP contribution in [0, 0.1) is 0 Å². The van der Waals surface area contributed by atoms with Gasteiger partial charge in [-0.3, -0.25) is 4.79 Å². The zero-order valence-corrected chi connectivity index (χ0v) is 11.7. The van der Waals surface area contributed by atoms with Gasteiger partial charge in [-0.05, 0) is 30.7 Å². The molecule has 0 bridgehead atoms. The molecule has 3 rings (SSSR count). The number of halogens is 1. The van der Waals surface area contributed by atoms with Crippen LogP contribution in [-0.4, -0.2) is 15.9 Å². The zero-order chi connectivity index (χ0) is 14.3. The van der Waals surface area contributed by atoms with Crippen LogP contribution in [0.15, 0.2) is 48.5 Å². The first-order valence-electron chi connectivity index (χ1n) is 6.44. The summed E-state index contributed by atoms with van der Waals surface area (Å²) in [5, 5.41) is 11.0. The number of hydrogen-bond acceptors (Lipinski definition) is 2. The molecule has 2 unspecified atom stereocenters. The van der Waals surface area contributed by atoms with Crippen molar-refractivity contribution >= 4 is 17.5 Å². The van der Waals surface area contributed by atoms with Crippen molar-refractivity contribution in [3.63, 3.8) is 0 Å². The van der Waals surface area contributed by atoms with Crippen LogP contribution in [0.5, 0.6) is 0 Å². The standard InChI is InChI=1S/C16H14ClNO2/c1-10(11-5-4-6-12(17)9-11)18-15(19)13-7-2-3-8-14(13)16(18)20/h2-10,15,19H,1H3. The molecular weight excluding hydrogens is 274 g/mol. The molecule has 0 fully saturated rings. The SMILES string of the molecule is CC(c1cccc(Cl)c1)N1C(=O)c2ccccc2C1O. The minimum Gasteiger partial charge on any atom is -0.369 e. The third kappa shape index (κ3) is 1.99. The fraction of sp³-hybridized carbons (Fsp3) is 0.188. The highest BCUT2D eigenvalue weighted by atomic mass is 35.5. The van der Waals surface area contributed by atoms with Crippen molar-refractivity contribution in [1.82, 2.24) is 4.90 Å². The summed E-state index contributed by atoms with van der Waals surface area (Å²) in [5.41, 5.74) is 2.12. The number of aliphatic hydroxyl groups is 1. The highest BCUT2D eigenvalue weighted by molar-refractivity contribution is 6.30. The molecule has 0 aliphatic carbocycles. The van der Waals surface area contributed by atoms with Crippen LogP contribution in [0.4, 0.5) is 0 Å². The molecule has 102 valence electrons. The van der Waals surface area contributed by atoms with Gasteiger partial charge in [-0.2, -0.15) is 0 Å². The van der Waals surface area contributed by atoms with Gasteiger partial charge in [0, 0.05) is 16.1 Å². The molecule has 20 heavy (non-hydrogen) atoms. The molecule has 2 aromatic rings. The van der Waals surface area contributed by atoms with E-state index in [9.17, 15) is 9.90 Å². The Hall–Kier alpha value is -1.84. The lowest BCUT2D eigenvalue weighted by Gasteiger charge is -2.28. The molecule has 2 aromatic carbocycles. The van der Waals surface area contributed by atoms with E-state index in [1.54, 1.807) is 24.3 Å². The number of aliphatic hydroxyl groups excluding tert-OH is 1. The average molecular weight is 288 g/mol. The average Bonchev–Trinajstić information content (AvgIpc) is 2.71. The van der Waals surface area contributed by atoms with E-state index >= 15 is 0 Å². The van der Waals surface area contributed by atoms with Crippen molar-refractivity contribution in [2.24, 2.45) is 0 Å². The number of carbonyl (C=O) groups excluding carboxylic acids is 1. The van der Waals surface area contributed by atoms with E-state index in [1.807, 2.05) is 31.2 Å². The Labute approximate surface area is 122 Å². The van der Waals surface area contributed by atoms with Crippen molar-refractivity contribution < 1.29 is 9.90 Å². The maximum absolute atomic E-state index is 12.4. The van der Waals surface area contributed by atoms with Gasteiger partial charge in [-0.25, -0.2) is 0 Å². The minimum atomic E-state index is -0.910. The van der Waals surface area contributed by atoms with Crippen molar-refractivity contribution in [2.75, 3.05) is 0 Å². The number of fused-ring (bicyclic) bond motifs is 1. The van der Waals surface area contributed by atoms with E-state index < -0.39 is 6.23 Å². The first-order chi connectivity index (χ1) is 9.59. The highest BCUT2D eigenvalue weighted by Crippen LogP contribution is 2.38. The largest absolute Gasteiger partial charge is 0.369 e. The lowest BCUT2D eigenvalue weighted by molar-refractivity contribution is -0.000320. The number of hydrogen-bond donors (Lipinski definition) is 1. The minimum absolute atomic E-state index is 0.152. The van der Waals surface area contributed by atoms with Crippen LogP contribution < -0.4 is 0 Å². The monoisotopic (exact) mass is 287 g/mol. The van der Waals surface area contributed by atoms with Crippen molar-refractivity contribution in [2.45, 2.75) is 19.2 Å². The van der Waals surface area contributed by atoms with Crippen LogP contribution in [-0.2, 0) is 0 Å². The van der Waals surface area contributed by atoms with E-state index in [-0.39, 0.29) is 11.9 Å². The van der Waals surface area contributed by atoms with Crippen LogP contribution in [0.3, 0.4) is 0 Å². The molecule has 1 N–H and O–H groups in total. The van der Waals surface area contributed by atoms with E-state index in [2.05, 4.69) is 0 Å². The normalized spacial score (nSPS) is 19.1. The fourth-order valence-corrected chi connectivity index (χ4v) is 2.83. The van der Waals surface area contributed by atoms with Gasteiger partial charge in [0.25, 0.3) is 5.91 Å². The molecule has 2 atom stereocenters. The number of carbonyl (C=O) groups is 1. The Bertz CT molecular complexity index is 671. The summed E-state index contributed by atoms with van der Waals surface area (Å²) in [6.07, 6.45) is -0.910. The molecule has 0 saturated carbocycles. The number of nitrogens with zero attached hydrogens (tertiary/aromatic N) is 1. The van der Waals surface area contributed by atoms with E-state index in [4.69, 9.17) is 11.6 Å². The zero-order valence-electron chi connectivity index (χ0n) is 11.0. The quantitative estimate of drug-likeness (QED) is 0.918.